The van der Waals surface area contributed by atoms with Crippen molar-refractivity contribution in [3.8, 4) is 11.8 Å². The maximum atomic E-state index is 12.6. The topological polar surface area (TPSA) is 85.6 Å². The molecule has 134 valence electrons. The van der Waals surface area contributed by atoms with Gasteiger partial charge in [0.1, 0.15) is 18.4 Å². The average molecular weight is 364 g/mol. The molecule has 2 aliphatic heterocycles. The van der Waals surface area contributed by atoms with E-state index in [1.807, 2.05) is 0 Å². The number of aliphatic hydroxyl groups is 1. The van der Waals surface area contributed by atoms with Crippen LogP contribution in [0.3, 0.4) is 0 Å². The third-order valence-corrected chi connectivity index (χ3v) is 5.09. The van der Waals surface area contributed by atoms with Gasteiger partial charge in [-0.25, -0.2) is 0 Å². The smallest absolute Gasteiger partial charge is 0.240 e. The molecule has 0 bridgehead atoms. The number of carbonyl (C=O) groups excluding carboxylic acids is 1. The number of benzene rings is 1. The molecule has 1 aromatic rings. The average Bonchev–Trinajstić information content (AvgIpc) is 3.29. The fraction of sp³-hybridized carbons (Fsp3) is 0.556. The first-order valence-corrected chi connectivity index (χ1v) is 8.98. The summed E-state index contributed by atoms with van der Waals surface area (Å²) in [5, 5.41) is 22.4. The highest BCUT2D eigenvalue weighted by atomic mass is 35.5. The molecule has 0 unspecified atom stereocenters. The molecule has 2 N–H and O–H groups in total. The summed E-state index contributed by atoms with van der Waals surface area (Å²) in [6, 6.07) is 6.90. The van der Waals surface area contributed by atoms with Crippen molar-refractivity contribution in [2.45, 2.75) is 50.4 Å². The van der Waals surface area contributed by atoms with Gasteiger partial charge < -0.3 is 14.7 Å². The summed E-state index contributed by atoms with van der Waals surface area (Å²) in [6.07, 6.45) is 3.24. The number of nitrogens with zero attached hydrogens (tertiary/aromatic N) is 2. The van der Waals surface area contributed by atoms with Crippen LogP contribution < -0.4 is 10.1 Å². The van der Waals surface area contributed by atoms with E-state index >= 15 is 0 Å². The maximum absolute atomic E-state index is 12.6. The van der Waals surface area contributed by atoms with Crippen molar-refractivity contribution in [3.63, 3.8) is 0 Å². The molecule has 2 fully saturated rings. The lowest BCUT2D eigenvalue weighted by atomic mass is 10.1. The zero-order valence-corrected chi connectivity index (χ0v) is 14.7. The Labute approximate surface area is 152 Å². The van der Waals surface area contributed by atoms with E-state index in [9.17, 15) is 9.90 Å². The number of amides is 1. The molecule has 2 saturated heterocycles. The highest BCUT2D eigenvalue weighted by Gasteiger charge is 2.36. The summed E-state index contributed by atoms with van der Waals surface area (Å²) in [6.45, 7) is 0.945. The largest absolute Gasteiger partial charge is 0.492 e. The van der Waals surface area contributed by atoms with Gasteiger partial charge in [-0.1, -0.05) is 11.6 Å². The molecule has 3 atom stereocenters. The molecule has 6 nitrogen and oxygen atoms in total. The predicted octanol–water partition coefficient (Wildman–Crippen LogP) is 1.85. The molecular formula is C18H22ClN3O3. The van der Waals surface area contributed by atoms with Crippen LogP contribution in [-0.2, 0) is 11.4 Å². The number of rotatable bonds is 5. The fourth-order valence-corrected chi connectivity index (χ4v) is 3.71. The summed E-state index contributed by atoms with van der Waals surface area (Å²) < 4.78 is 5.80. The second kappa shape index (κ2) is 8.05. The van der Waals surface area contributed by atoms with E-state index in [1.165, 1.54) is 0 Å². The van der Waals surface area contributed by atoms with E-state index < -0.39 is 0 Å². The van der Waals surface area contributed by atoms with Crippen molar-refractivity contribution in [3.05, 3.63) is 28.8 Å². The van der Waals surface area contributed by atoms with E-state index in [2.05, 4.69) is 11.4 Å². The van der Waals surface area contributed by atoms with Gasteiger partial charge in [0.25, 0.3) is 0 Å². The lowest BCUT2D eigenvalue weighted by molar-refractivity contribution is -0.133. The van der Waals surface area contributed by atoms with Gasteiger partial charge in [0.15, 0.2) is 0 Å². The molecule has 0 spiro atoms. The zero-order valence-electron chi connectivity index (χ0n) is 13.9. The van der Waals surface area contributed by atoms with E-state index in [4.69, 9.17) is 21.6 Å². The Kier molecular flexibility index (Phi) is 5.79. The van der Waals surface area contributed by atoms with Crippen LogP contribution >= 0.6 is 11.6 Å². The number of hydrogen-bond acceptors (Lipinski definition) is 5. The van der Waals surface area contributed by atoms with Gasteiger partial charge in [0, 0.05) is 23.2 Å². The van der Waals surface area contributed by atoms with Gasteiger partial charge in [-0.15, -0.1) is 0 Å². The van der Waals surface area contributed by atoms with Crippen molar-refractivity contribution in [1.82, 2.24) is 10.2 Å². The normalized spacial score (nSPS) is 25.8. The fourth-order valence-electron chi connectivity index (χ4n) is 3.51. The summed E-state index contributed by atoms with van der Waals surface area (Å²) in [5.41, 5.74) is 0.645. The van der Waals surface area contributed by atoms with Crippen LogP contribution in [0.5, 0.6) is 5.75 Å². The minimum absolute atomic E-state index is 0.0223. The van der Waals surface area contributed by atoms with Crippen molar-refractivity contribution >= 4 is 17.5 Å². The Bertz CT molecular complexity index is 676. The Morgan fingerprint density at radius 2 is 2.28 bits per heavy atom. The molecule has 0 radical (unpaired) electrons. The first kappa shape index (κ1) is 18.0. The number of nitriles is 1. The van der Waals surface area contributed by atoms with Gasteiger partial charge in [0.2, 0.25) is 5.91 Å². The predicted molar refractivity (Wildman–Crippen MR) is 93.2 cm³/mol. The molecule has 7 heteroatoms. The van der Waals surface area contributed by atoms with Crippen molar-refractivity contribution in [2.75, 3.05) is 13.2 Å². The number of nitrogens with one attached hydrogen (secondary N) is 1. The standard InChI is InChI=1S/C18H22ClN3O3/c19-13-3-6-17(12(8-13)10-23)25-11-14-4-5-16(21-14)18(24)22-7-1-2-15(22)9-20/h3,6,8,14-16,21,23H,1-2,4-5,7,10-11H2/t14-,15+,16+/m1/s1. The molecular weight excluding hydrogens is 342 g/mol. The van der Waals surface area contributed by atoms with Gasteiger partial charge in [-0.3, -0.25) is 10.1 Å². The lowest BCUT2D eigenvalue weighted by Crippen LogP contribution is -2.47. The van der Waals surface area contributed by atoms with E-state index in [1.54, 1.807) is 23.1 Å². The van der Waals surface area contributed by atoms with E-state index in [0.29, 0.717) is 29.5 Å². The number of carbonyl (C=O) groups is 1. The number of likely N-dealkylation sites (tertiary alicyclic amines) is 1. The van der Waals surface area contributed by atoms with E-state index in [-0.39, 0.29) is 30.6 Å². The molecule has 1 amide bonds. The Morgan fingerprint density at radius 3 is 3.04 bits per heavy atom. The molecule has 1 aromatic carbocycles. The van der Waals surface area contributed by atoms with Crippen molar-refractivity contribution in [1.29, 1.82) is 5.26 Å². The minimum atomic E-state index is -0.286. The lowest BCUT2D eigenvalue weighted by Gasteiger charge is -2.24. The molecule has 0 aliphatic carbocycles. The Hall–Kier alpha value is -1.81. The third kappa shape index (κ3) is 4.06. The van der Waals surface area contributed by atoms with Gasteiger partial charge in [-0.05, 0) is 43.9 Å². The van der Waals surface area contributed by atoms with Crippen LogP contribution in [0.15, 0.2) is 18.2 Å². The van der Waals surface area contributed by atoms with Crippen LogP contribution in [0.4, 0.5) is 0 Å². The zero-order chi connectivity index (χ0) is 17.8. The molecule has 0 saturated carbocycles. The summed E-state index contributed by atoms with van der Waals surface area (Å²) >= 11 is 5.92. The number of halogens is 1. The number of aliphatic hydroxyl groups excluding tert-OH is 1. The third-order valence-electron chi connectivity index (χ3n) is 4.86. The second-order valence-corrected chi connectivity index (χ2v) is 6.97. The van der Waals surface area contributed by atoms with Crippen LogP contribution in [0.1, 0.15) is 31.2 Å². The number of hydrogen-bond donors (Lipinski definition) is 2. The molecule has 3 rings (SSSR count). The van der Waals surface area contributed by atoms with Crippen LogP contribution in [0, 0.1) is 11.3 Å². The molecule has 25 heavy (non-hydrogen) atoms. The minimum Gasteiger partial charge on any atom is -0.492 e. The van der Waals surface area contributed by atoms with Crippen molar-refractivity contribution in [2.24, 2.45) is 0 Å². The van der Waals surface area contributed by atoms with Crippen LogP contribution in [0.2, 0.25) is 5.02 Å². The summed E-state index contributed by atoms with van der Waals surface area (Å²) in [4.78, 5) is 14.3. The first-order valence-electron chi connectivity index (χ1n) is 8.60. The quantitative estimate of drug-likeness (QED) is 0.833. The summed E-state index contributed by atoms with van der Waals surface area (Å²) in [5.74, 6) is 0.627. The molecule has 2 heterocycles. The maximum Gasteiger partial charge on any atom is 0.240 e. The summed E-state index contributed by atoms with van der Waals surface area (Å²) in [7, 11) is 0. The van der Waals surface area contributed by atoms with Gasteiger partial charge in [0.05, 0.1) is 18.7 Å². The molecule has 0 aromatic heterocycles. The first-order chi connectivity index (χ1) is 12.1. The Morgan fingerprint density at radius 1 is 1.44 bits per heavy atom. The van der Waals surface area contributed by atoms with Crippen LogP contribution in [-0.4, -0.2) is 47.2 Å². The SMILES string of the molecule is N#C[C@@H]1CCCN1C(=O)[C@@H]1CC[C@H](COc2ccc(Cl)cc2CO)N1. The van der Waals surface area contributed by atoms with Crippen molar-refractivity contribution < 1.29 is 14.6 Å². The van der Waals surface area contributed by atoms with Gasteiger partial charge in [-0.2, -0.15) is 5.26 Å². The second-order valence-electron chi connectivity index (χ2n) is 6.53. The van der Waals surface area contributed by atoms with Crippen LogP contribution in [0.25, 0.3) is 0 Å². The highest BCUT2D eigenvalue weighted by molar-refractivity contribution is 6.30. The Balaban J connectivity index is 1.53. The van der Waals surface area contributed by atoms with E-state index in [0.717, 1.165) is 25.7 Å². The highest BCUT2D eigenvalue weighted by Crippen LogP contribution is 2.25. The van der Waals surface area contributed by atoms with Gasteiger partial charge >= 0.3 is 0 Å². The molecule has 2 aliphatic rings. The number of ether oxygens (including phenoxy) is 1. The monoisotopic (exact) mass is 363 g/mol.